The second-order valence-corrected chi connectivity index (χ2v) is 7.78. The molecule has 114 valence electrons. The summed E-state index contributed by atoms with van der Waals surface area (Å²) in [6.07, 6.45) is 13.5. The van der Waals surface area contributed by atoms with Crippen molar-refractivity contribution in [2.45, 2.75) is 62.3 Å². The maximum atomic E-state index is 3.82. The lowest BCUT2D eigenvalue weighted by molar-refractivity contribution is 0.188. The highest BCUT2D eigenvalue weighted by molar-refractivity contribution is 7.99. The Morgan fingerprint density at radius 1 is 1.14 bits per heavy atom. The Morgan fingerprint density at radius 2 is 1.86 bits per heavy atom. The van der Waals surface area contributed by atoms with Crippen LogP contribution in [0.2, 0.25) is 0 Å². The van der Waals surface area contributed by atoms with E-state index >= 15 is 0 Å². The van der Waals surface area contributed by atoms with Crippen LogP contribution in [0.1, 0.15) is 51.4 Å². The second kappa shape index (κ2) is 6.91. The average molecular weight is 301 g/mol. The van der Waals surface area contributed by atoms with Gasteiger partial charge in [-0.3, -0.25) is 0 Å². The molecule has 1 aromatic carbocycles. The average Bonchev–Trinajstić information content (AvgIpc) is 2.97. The van der Waals surface area contributed by atoms with E-state index in [1.807, 2.05) is 17.8 Å². The molecule has 1 N–H and O–H groups in total. The molecule has 0 heterocycles. The van der Waals surface area contributed by atoms with Crippen LogP contribution in [0.25, 0.3) is 0 Å². The minimum atomic E-state index is 0.668. The van der Waals surface area contributed by atoms with Gasteiger partial charge in [-0.2, -0.15) is 0 Å². The lowest BCUT2D eigenvalue weighted by Crippen LogP contribution is -2.31. The van der Waals surface area contributed by atoms with Gasteiger partial charge in [0.2, 0.25) is 0 Å². The normalized spacial score (nSPS) is 21.5. The van der Waals surface area contributed by atoms with E-state index in [4.69, 9.17) is 0 Å². The standard InChI is InChI=1S/C19H27NS/c1-2-15-21-18-8-4-3-7-17(18)20-16-9-13-19(14-10-16)11-5-6-12-19/h2-4,7-8,16,20H,1,5-6,9-15H2. The number of para-hydroxylation sites is 1. The fraction of sp³-hybridized carbons (Fsp3) is 0.579. The van der Waals surface area contributed by atoms with Crippen molar-refractivity contribution < 1.29 is 0 Å². The van der Waals surface area contributed by atoms with Crippen molar-refractivity contribution in [2.24, 2.45) is 5.41 Å². The minimum Gasteiger partial charge on any atom is -0.381 e. The van der Waals surface area contributed by atoms with Gasteiger partial charge in [0.1, 0.15) is 0 Å². The predicted octanol–water partition coefficient (Wildman–Crippen LogP) is 5.88. The second-order valence-electron chi connectivity index (χ2n) is 6.72. The highest BCUT2D eigenvalue weighted by Gasteiger charge is 2.37. The van der Waals surface area contributed by atoms with Gasteiger partial charge in [-0.05, 0) is 56.1 Å². The van der Waals surface area contributed by atoms with E-state index in [-0.39, 0.29) is 0 Å². The number of nitrogens with one attached hydrogen (secondary N) is 1. The molecule has 0 radical (unpaired) electrons. The monoisotopic (exact) mass is 301 g/mol. The summed E-state index contributed by atoms with van der Waals surface area (Å²) in [5, 5.41) is 3.81. The van der Waals surface area contributed by atoms with Crippen LogP contribution in [0.5, 0.6) is 0 Å². The van der Waals surface area contributed by atoms with Gasteiger partial charge in [0.25, 0.3) is 0 Å². The summed E-state index contributed by atoms with van der Waals surface area (Å²) in [4.78, 5) is 1.36. The topological polar surface area (TPSA) is 12.0 Å². The first-order chi connectivity index (χ1) is 10.3. The van der Waals surface area contributed by atoms with E-state index in [2.05, 4.69) is 36.2 Å². The van der Waals surface area contributed by atoms with Gasteiger partial charge in [-0.25, -0.2) is 0 Å². The van der Waals surface area contributed by atoms with Gasteiger partial charge in [0.05, 0.1) is 0 Å². The van der Waals surface area contributed by atoms with Crippen molar-refractivity contribution >= 4 is 17.4 Å². The zero-order valence-corrected chi connectivity index (χ0v) is 13.8. The van der Waals surface area contributed by atoms with E-state index in [0.29, 0.717) is 6.04 Å². The number of anilines is 1. The molecule has 2 aliphatic rings. The molecule has 2 saturated carbocycles. The van der Waals surface area contributed by atoms with Crippen LogP contribution in [0.4, 0.5) is 5.69 Å². The number of benzene rings is 1. The van der Waals surface area contributed by atoms with Crippen LogP contribution in [0.15, 0.2) is 41.8 Å². The van der Waals surface area contributed by atoms with E-state index < -0.39 is 0 Å². The molecular weight excluding hydrogens is 274 g/mol. The Labute approximate surface area is 133 Å². The molecule has 0 aromatic heterocycles. The smallest absolute Gasteiger partial charge is 0.0480 e. The van der Waals surface area contributed by atoms with Crippen molar-refractivity contribution in [2.75, 3.05) is 11.1 Å². The molecule has 2 fully saturated rings. The third kappa shape index (κ3) is 3.66. The molecule has 21 heavy (non-hydrogen) atoms. The summed E-state index contributed by atoms with van der Waals surface area (Å²) >= 11 is 1.87. The predicted molar refractivity (Wildman–Crippen MR) is 94.1 cm³/mol. The Morgan fingerprint density at radius 3 is 2.57 bits per heavy atom. The highest BCUT2D eigenvalue weighted by atomic mass is 32.2. The summed E-state index contributed by atoms with van der Waals surface area (Å²) in [5.74, 6) is 0.979. The first-order valence-corrected chi connectivity index (χ1v) is 9.39. The number of thioether (sulfide) groups is 1. The fourth-order valence-electron chi connectivity index (χ4n) is 4.08. The van der Waals surface area contributed by atoms with Crippen molar-refractivity contribution in [3.05, 3.63) is 36.9 Å². The highest BCUT2D eigenvalue weighted by Crippen LogP contribution is 2.49. The molecule has 0 bridgehead atoms. The zero-order chi connectivity index (χ0) is 14.5. The van der Waals surface area contributed by atoms with Crippen LogP contribution < -0.4 is 5.32 Å². The van der Waals surface area contributed by atoms with Crippen LogP contribution >= 0.6 is 11.8 Å². The lowest BCUT2D eigenvalue weighted by Gasteiger charge is -2.38. The van der Waals surface area contributed by atoms with Crippen LogP contribution in [-0.4, -0.2) is 11.8 Å². The van der Waals surface area contributed by atoms with Crippen molar-refractivity contribution in [3.63, 3.8) is 0 Å². The number of hydrogen-bond donors (Lipinski definition) is 1. The Hall–Kier alpha value is -0.890. The molecule has 2 heteroatoms. The van der Waals surface area contributed by atoms with E-state index in [1.54, 1.807) is 0 Å². The minimum absolute atomic E-state index is 0.668. The first-order valence-electron chi connectivity index (χ1n) is 8.41. The molecule has 1 aromatic rings. The Bertz CT molecular complexity index is 466. The first kappa shape index (κ1) is 15.0. The van der Waals surface area contributed by atoms with Gasteiger partial charge in [0, 0.05) is 22.4 Å². The van der Waals surface area contributed by atoms with Gasteiger partial charge < -0.3 is 5.32 Å². The number of hydrogen-bond acceptors (Lipinski definition) is 2. The van der Waals surface area contributed by atoms with Crippen molar-refractivity contribution in [1.29, 1.82) is 0 Å². The zero-order valence-electron chi connectivity index (χ0n) is 12.9. The van der Waals surface area contributed by atoms with Crippen LogP contribution in [0, 0.1) is 5.41 Å². The molecule has 3 rings (SSSR count). The quantitative estimate of drug-likeness (QED) is 0.538. The van der Waals surface area contributed by atoms with Gasteiger partial charge in [0.15, 0.2) is 0 Å². The Balaban J connectivity index is 1.58. The maximum Gasteiger partial charge on any atom is 0.0480 e. The van der Waals surface area contributed by atoms with Crippen molar-refractivity contribution in [3.8, 4) is 0 Å². The Kier molecular flexibility index (Phi) is 4.95. The van der Waals surface area contributed by atoms with E-state index in [1.165, 1.54) is 61.9 Å². The van der Waals surface area contributed by atoms with Crippen LogP contribution in [0.3, 0.4) is 0 Å². The fourth-order valence-corrected chi connectivity index (χ4v) is 4.83. The van der Waals surface area contributed by atoms with Gasteiger partial charge in [-0.1, -0.05) is 31.1 Å². The largest absolute Gasteiger partial charge is 0.381 e. The molecule has 0 unspecified atom stereocenters. The molecule has 1 spiro atoms. The summed E-state index contributed by atoms with van der Waals surface area (Å²) in [5.41, 5.74) is 2.05. The van der Waals surface area contributed by atoms with Gasteiger partial charge >= 0.3 is 0 Å². The van der Waals surface area contributed by atoms with Crippen LogP contribution in [-0.2, 0) is 0 Å². The maximum absolute atomic E-state index is 3.82. The summed E-state index contributed by atoms with van der Waals surface area (Å²) in [6, 6.07) is 9.39. The molecule has 2 aliphatic carbocycles. The third-order valence-electron chi connectivity index (χ3n) is 5.31. The van der Waals surface area contributed by atoms with Crippen molar-refractivity contribution in [1.82, 2.24) is 0 Å². The molecule has 0 amide bonds. The SMILES string of the molecule is C=CCSc1ccccc1NC1CCC2(CCCC2)CC1. The molecule has 0 atom stereocenters. The lowest BCUT2D eigenvalue weighted by atomic mass is 9.71. The molecule has 0 saturated heterocycles. The summed E-state index contributed by atoms with van der Waals surface area (Å²) < 4.78 is 0. The summed E-state index contributed by atoms with van der Waals surface area (Å²) in [7, 11) is 0. The van der Waals surface area contributed by atoms with Gasteiger partial charge in [-0.15, -0.1) is 18.3 Å². The molecule has 1 nitrogen and oxygen atoms in total. The third-order valence-corrected chi connectivity index (χ3v) is 6.38. The van der Waals surface area contributed by atoms with E-state index in [9.17, 15) is 0 Å². The van der Waals surface area contributed by atoms with E-state index in [0.717, 1.165) is 11.2 Å². The summed E-state index contributed by atoms with van der Waals surface area (Å²) in [6.45, 7) is 3.82. The molecule has 0 aliphatic heterocycles. The number of rotatable bonds is 5. The molecular formula is C19H27NS.